The molecule has 0 spiro atoms. The first-order valence-electron chi connectivity index (χ1n) is 5.93. The maximum atomic E-state index is 13.2. The molecule has 1 aromatic rings. The minimum Gasteiger partial charge on any atom is -0.339 e. The molecule has 1 heterocycles. The highest BCUT2D eigenvalue weighted by atomic mass is 79.9. The molecule has 1 amide bonds. The lowest BCUT2D eigenvalue weighted by molar-refractivity contribution is 0.0695. The van der Waals surface area contributed by atoms with Crippen LogP contribution in [0.2, 0.25) is 0 Å². The Hall–Kier alpha value is -0.970. The lowest BCUT2D eigenvalue weighted by atomic mass is 9.98. The molecule has 2 nitrogen and oxygen atoms in total. The molecule has 1 aromatic carbocycles. The van der Waals surface area contributed by atoms with Crippen molar-refractivity contribution in [1.82, 2.24) is 4.90 Å². The Kier molecular flexibility index (Phi) is 4.00. The molecule has 5 heteroatoms. The highest BCUT2D eigenvalue weighted by molar-refractivity contribution is 9.10. The van der Waals surface area contributed by atoms with Crippen molar-refractivity contribution in [2.24, 2.45) is 5.92 Å². The summed E-state index contributed by atoms with van der Waals surface area (Å²) in [5, 5.41) is 0. The molecule has 0 radical (unpaired) electrons. The predicted molar refractivity (Wildman–Crippen MR) is 68.4 cm³/mol. The summed E-state index contributed by atoms with van der Waals surface area (Å²) in [6.07, 6.45) is 1.90. The molecule has 98 valence electrons. The molecule has 0 aliphatic carbocycles. The van der Waals surface area contributed by atoms with Gasteiger partial charge in [-0.1, -0.05) is 6.92 Å². The molecule has 0 atom stereocenters. The van der Waals surface area contributed by atoms with Gasteiger partial charge in [0, 0.05) is 17.6 Å². The van der Waals surface area contributed by atoms with E-state index >= 15 is 0 Å². The number of rotatable bonds is 1. The summed E-state index contributed by atoms with van der Waals surface area (Å²) in [6, 6.07) is 1.95. The van der Waals surface area contributed by atoms with Gasteiger partial charge in [-0.05, 0) is 46.8 Å². The second-order valence-corrected chi connectivity index (χ2v) is 5.58. The summed E-state index contributed by atoms with van der Waals surface area (Å²) >= 11 is 3.11. The van der Waals surface area contributed by atoms with Crippen LogP contribution >= 0.6 is 15.9 Å². The zero-order chi connectivity index (χ0) is 13.3. The summed E-state index contributed by atoms with van der Waals surface area (Å²) in [5.41, 5.74) is 0.184. The van der Waals surface area contributed by atoms with E-state index in [0.717, 1.165) is 25.0 Å². The van der Waals surface area contributed by atoms with Gasteiger partial charge in [-0.2, -0.15) is 0 Å². The van der Waals surface area contributed by atoms with E-state index in [1.54, 1.807) is 4.90 Å². The molecule has 0 saturated carbocycles. The van der Waals surface area contributed by atoms with Gasteiger partial charge in [-0.15, -0.1) is 0 Å². The summed E-state index contributed by atoms with van der Waals surface area (Å²) in [6.45, 7) is 3.49. The van der Waals surface area contributed by atoms with Crippen LogP contribution < -0.4 is 0 Å². The molecule has 0 N–H and O–H groups in total. The zero-order valence-corrected chi connectivity index (χ0v) is 11.6. The van der Waals surface area contributed by atoms with Crippen LogP contribution in [0.15, 0.2) is 16.6 Å². The van der Waals surface area contributed by atoms with Crippen LogP contribution in [-0.2, 0) is 0 Å². The topological polar surface area (TPSA) is 20.3 Å². The van der Waals surface area contributed by atoms with Crippen molar-refractivity contribution in [3.05, 3.63) is 33.8 Å². The lowest BCUT2D eigenvalue weighted by Crippen LogP contribution is -2.38. The first kappa shape index (κ1) is 13.5. The van der Waals surface area contributed by atoms with Crippen LogP contribution in [0.4, 0.5) is 8.78 Å². The predicted octanol–water partition coefficient (Wildman–Crippen LogP) is 3.60. The fourth-order valence-corrected chi connectivity index (χ4v) is 2.55. The quantitative estimate of drug-likeness (QED) is 0.725. The summed E-state index contributed by atoms with van der Waals surface area (Å²) in [4.78, 5) is 13.9. The number of carbonyl (C=O) groups excluding carboxylic acids is 1. The molecule has 1 fully saturated rings. The Bertz CT molecular complexity index is 470. The molecule has 0 unspecified atom stereocenters. The van der Waals surface area contributed by atoms with Gasteiger partial charge in [0.1, 0.15) is 0 Å². The maximum Gasteiger partial charge on any atom is 0.255 e. The molecule has 18 heavy (non-hydrogen) atoms. The van der Waals surface area contributed by atoms with Gasteiger partial charge >= 0.3 is 0 Å². The average molecular weight is 318 g/mol. The van der Waals surface area contributed by atoms with Crippen LogP contribution in [0.1, 0.15) is 30.1 Å². The largest absolute Gasteiger partial charge is 0.339 e. The van der Waals surface area contributed by atoms with Crippen LogP contribution in [0.25, 0.3) is 0 Å². The smallest absolute Gasteiger partial charge is 0.255 e. The van der Waals surface area contributed by atoms with Crippen molar-refractivity contribution in [3.8, 4) is 0 Å². The number of nitrogens with zero attached hydrogens (tertiary/aromatic N) is 1. The molecule has 1 saturated heterocycles. The van der Waals surface area contributed by atoms with Crippen molar-refractivity contribution < 1.29 is 13.6 Å². The zero-order valence-electron chi connectivity index (χ0n) is 10.0. The molecule has 2 rings (SSSR count). The minimum atomic E-state index is -0.994. The number of hydrogen-bond acceptors (Lipinski definition) is 1. The Balaban J connectivity index is 2.21. The fourth-order valence-electron chi connectivity index (χ4n) is 2.07. The van der Waals surface area contributed by atoms with E-state index in [9.17, 15) is 13.6 Å². The van der Waals surface area contributed by atoms with Crippen LogP contribution in [0, 0.1) is 17.6 Å². The monoisotopic (exact) mass is 317 g/mol. The maximum absolute atomic E-state index is 13.2. The van der Waals surface area contributed by atoms with Crippen LogP contribution in [0.5, 0.6) is 0 Å². The first-order valence-corrected chi connectivity index (χ1v) is 6.72. The van der Waals surface area contributed by atoms with Gasteiger partial charge in [0.15, 0.2) is 11.6 Å². The molecular weight excluding hydrogens is 304 g/mol. The number of hydrogen-bond donors (Lipinski definition) is 0. The molecular formula is C13H14BrF2NO. The third kappa shape index (κ3) is 2.71. The van der Waals surface area contributed by atoms with Crippen molar-refractivity contribution in [2.45, 2.75) is 19.8 Å². The first-order chi connectivity index (χ1) is 8.49. The SMILES string of the molecule is CC1CCN(C(=O)c2cc(F)c(F)cc2Br)CC1. The number of amides is 1. The Labute approximate surface area is 113 Å². The van der Waals surface area contributed by atoms with E-state index in [4.69, 9.17) is 0 Å². The van der Waals surface area contributed by atoms with E-state index in [0.29, 0.717) is 23.5 Å². The number of piperidine rings is 1. The number of halogens is 3. The summed E-state index contributed by atoms with van der Waals surface area (Å²) in [7, 11) is 0. The van der Waals surface area contributed by atoms with Crippen LogP contribution in [-0.4, -0.2) is 23.9 Å². The van der Waals surface area contributed by atoms with E-state index in [1.807, 2.05) is 0 Å². The second-order valence-electron chi connectivity index (χ2n) is 4.72. The second kappa shape index (κ2) is 5.34. The normalized spacial score (nSPS) is 17.0. The average Bonchev–Trinajstić information content (AvgIpc) is 2.34. The third-order valence-electron chi connectivity index (χ3n) is 3.31. The van der Waals surface area contributed by atoms with Gasteiger partial charge in [-0.3, -0.25) is 4.79 Å². The summed E-state index contributed by atoms with van der Waals surface area (Å²) in [5.74, 6) is -1.58. The van der Waals surface area contributed by atoms with E-state index in [1.165, 1.54) is 0 Å². The van der Waals surface area contributed by atoms with Crippen molar-refractivity contribution >= 4 is 21.8 Å². The van der Waals surface area contributed by atoms with Crippen molar-refractivity contribution in [1.29, 1.82) is 0 Å². The highest BCUT2D eigenvalue weighted by Crippen LogP contribution is 2.24. The molecule has 0 aromatic heterocycles. The van der Waals surface area contributed by atoms with E-state index in [2.05, 4.69) is 22.9 Å². The lowest BCUT2D eigenvalue weighted by Gasteiger charge is -2.30. The van der Waals surface area contributed by atoms with Crippen molar-refractivity contribution in [2.75, 3.05) is 13.1 Å². The molecule has 1 aliphatic rings. The summed E-state index contributed by atoms with van der Waals surface area (Å²) < 4.78 is 26.5. The van der Waals surface area contributed by atoms with Crippen molar-refractivity contribution in [3.63, 3.8) is 0 Å². The van der Waals surface area contributed by atoms with Gasteiger partial charge in [0.25, 0.3) is 5.91 Å². The Morgan fingerprint density at radius 3 is 2.44 bits per heavy atom. The fraction of sp³-hybridized carbons (Fsp3) is 0.462. The van der Waals surface area contributed by atoms with Gasteiger partial charge < -0.3 is 4.90 Å². The third-order valence-corrected chi connectivity index (χ3v) is 3.97. The Morgan fingerprint density at radius 1 is 1.28 bits per heavy atom. The number of benzene rings is 1. The minimum absolute atomic E-state index is 0.184. The molecule has 1 aliphatic heterocycles. The Morgan fingerprint density at radius 2 is 1.83 bits per heavy atom. The van der Waals surface area contributed by atoms with Crippen LogP contribution in [0.3, 0.4) is 0 Å². The number of likely N-dealkylation sites (tertiary alicyclic amines) is 1. The number of carbonyl (C=O) groups is 1. The van der Waals surface area contributed by atoms with Gasteiger partial charge in [-0.25, -0.2) is 8.78 Å². The van der Waals surface area contributed by atoms with Gasteiger partial charge in [0.2, 0.25) is 0 Å². The standard InChI is InChI=1S/C13H14BrF2NO/c1-8-2-4-17(5-3-8)13(18)9-6-11(15)12(16)7-10(9)14/h6-8H,2-5H2,1H3. The molecule has 0 bridgehead atoms. The highest BCUT2D eigenvalue weighted by Gasteiger charge is 2.24. The van der Waals surface area contributed by atoms with Gasteiger partial charge in [0.05, 0.1) is 5.56 Å². The van der Waals surface area contributed by atoms with E-state index in [-0.39, 0.29) is 11.5 Å². The van der Waals surface area contributed by atoms with E-state index < -0.39 is 11.6 Å².